The number of fused-ring (bicyclic) bond motifs is 3. The molecule has 1 aliphatic heterocycles. The van der Waals surface area contributed by atoms with E-state index in [0.717, 1.165) is 52.7 Å². The van der Waals surface area contributed by atoms with Crippen molar-refractivity contribution in [3.05, 3.63) is 84.5 Å². The van der Waals surface area contributed by atoms with Crippen molar-refractivity contribution in [3.8, 4) is 11.1 Å². The summed E-state index contributed by atoms with van der Waals surface area (Å²) in [5.41, 5.74) is 4.07. The molecule has 2 aromatic heterocycles. The number of halogens is 1. The highest BCUT2D eigenvalue weighted by Crippen LogP contribution is 2.53. The Bertz CT molecular complexity index is 1330. The number of rotatable bonds is 3. The number of carbonyl (C=O) groups excluding carboxylic acids is 1. The lowest BCUT2D eigenvalue weighted by atomic mass is 9.65. The van der Waals surface area contributed by atoms with Crippen molar-refractivity contribution in [2.45, 2.75) is 31.2 Å². The van der Waals surface area contributed by atoms with Crippen molar-refractivity contribution in [3.63, 3.8) is 0 Å². The van der Waals surface area contributed by atoms with Gasteiger partial charge in [0.25, 0.3) is 0 Å². The van der Waals surface area contributed by atoms with Gasteiger partial charge in [-0.3, -0.25) is 9.78 Å². The molecule has 0 N–H and O–H groups in total. The minimum atomic E-state index is -0.382. The average Bonchev–Trinajstić information content (AvgIpc) is 3.02. The Hall–Kier alpha value is -3.67. The summed E-state index contributed by atoms with van der Waals surface area (Å²) in [6.07, 6.45) is 9.45. The number of anilines is 1. The van der Waals surface area contributed by atoms with E-state index in [2.05, 4.69) is 21.0 Å². The maximum absolute atomic E-state index is 13.8. The van der Waals surface area contributed by atoms with Crippen LogP contribution in [0.25, 0.3) is 21.9 Å². The highest BCUT2D eigenvalue weighted by molar-refractivity contribution is 6.09. The number of para-hydroxylation sites is 1. The van der Waals surface area contributed by atoms with Crippen molar-refractivity contribution < 1.29 is 9.18 Å². The van der Waals surface area contributed by atoms with E-state index >= 15 is 0 Å². The predicted octanol–water partition coefficient (Wildman–Crippen LogP) is 4.80. The maximum atomic E-state index is 13.8. The van der Waals surface area contributed by atoms with Crippen LogP contribution in [0.3, 0.4) is 0 Å². The van der Waals surface area contributed by atoms with Crippen LogP contribution in [0.2, 0.25) is 0 Å². The second-order valence-corrected chi connectivity index (χ2v) is 8.28. The average molecular weight is 410 g/mol. The molecule has 2 aliphatic rings. The summed E-state index contributed by atoms with van der Waals surface area (Å²) in [6.45, 7) is 0.342. The van der Waals surface area contributed by atoms with E-state index in [-0.39, 0.29) is 17.1 Å². The van der Waals surface area contributed by atoms with Crippen LogP contribution in [0.15, 0.2) is 67.4 Å². The second-order valence-electron chi connectivity index (χ2n) is 8.28. The maximum Gasteiger partial charge on any atom is 0.238 e. The Kier molecular flexibility index (Phi) is 3.90. The summed E-state index contributed by atoms with van der Waals surface area (Å²) in [7, 11) is 0. The van der Waals surface area contributed by atoms with E-state index < -0.39 is 0 Å². The smallest absolute Gasteiger partial charge is 0.238 e. The summed E-state index contributed by atoms with van der Waals surface area (Å²) in [6, 6.07) is 12.7. The van der Waals surface area contributed by atoms with E-state index in [4.69, 9.17) is 0 Å². The fourth-order valence-corrected chi connectivity index (χ4v) is 5.02. The van der Waals surface area contributed by atoms with Crippen LogP contribution in [0.5, 0.6) is 0 Å². The van der Waals surface area contributed by atoms with Crippen LogP contribution >= 0.6 is 0 Å². The molecule has 1 amide bonds. The fraction of sp³-hybridized carbons (Fsp3) is 0.200. The zero-order valence-electron chi connectivity index (χ0n) is 16.8. The van der Waals surface area contributed by atoms with Crippen LogP contribution in [-0.4, -0.2) is 20.9 Å². The van der Waals surface area contributed by atoms with Crippen LogP contribution < -0.4 is 4.90 Å². The zero-order chi connectivity index (χ0) is 21.0. The molecule has 152 valence electrons. The standard InChI is InChI=1S/C25H19FN4O/c26-18-6-7-19-16(10-18)13-29-21(23(19)17-11-27-15-28-12-17)14-30-22-5-2-1-4-20(22)25(24(30)31)8-3-9-25/h1-2,4-7,10-13,15H,3,8-9,14H2. The molecule has 0 unspecified atom stereocenters. The molecule has 2 aromatic carbocycles. The summed E-state index contributed by atoms with van der Waals surface area (Å²) < 4.78 is 13.8. The van der Waals surface area contributed by atoms with E-state index in [1.807, 2.05) is 23.1 Å². The zero-order valence-corrected chi connectivity index (χ0v) is 16.8. The van der Waals surface area contributed by atoms with Crippen molar-refractivity contribution in [2.75, 3.05) is 4.90 Å². The Labute approximate surface area is 178 Å². The molecule has 1 aliphatic carbocycles. The van der Waals surface area contributed by atoms with Crippen LogP contribution in [0, 0.1) is 5.82 Å². The van der Waals surface area contributed by atoms with E-state index in [0.29, 0.717) is 11.9 Å². The molecule has 31 heavy (non-hydrogen) atoms. The third kappa shape index (κ3) is 2.61. The first-order valence-electron chi connectivity index (χ1n) is 10.4. The Morgan fingerprint density at radius 3 is 2.61 bits per heavy atom. The number of pyridine rings is 1. The van der Waals surface area contributed by atoms with Gasteiger partial charge in [-0.05, 0) is 42.0 Å². The highest BCUT2D eigenvalue weighted by atomic mass is 19.1. The van der Waals surface area contributed by atoms with Gasteiger partial charge in [0.1, 0.15) is 12.1 Å². The minimum Gasteiger partial charge on any atom is -0.305 e. The number of hydrogen-bond donors (Lipinski definition) is 0. The fourth-order valence-electron chi connectivity index (χ4n) is 5.02. The monoisotopic (exact) mass is 410 g/mol. The highest BCUT2D eigenvalue weighted by Gasteiger charge is 2.54. The number of hydrogen-bond acceptors (Lipinski definition) is 4. The number of benzene rings is 2. The van der Waals surface area contributed by atoms with Crippen molar-refractivity contribution in [1.29, 1.82) is 0 Å². The predicted molar refractivity (Wildman–Crippen MR) is 116 cm³/mol. The molecule has 0 atom stereocenters. The lowest BCUT2D eigenvalue weighted by molar-refractivity contribution is -0.126. The summed E-state index contributed by atoms with van der Waals surface area (Å²) in [5.74, 6) is -0.163. The van der Waals surface area contributed by atoms with Crippen molar-refractivity contribution >= 4 is 22.4 Å². The number of nitrogens with zero attached hydrogens (tertiary/aromatic N) is 4. The van der Waals surface area contributed by atoms with E-state index in [9.17, 15) is 9.18 Å². The molecule has 6 rings (SSSR count). The lowest BCUT2D eigenvalue weighted by Gasteiger charge is -2.37. The van der Waals surface area contributed by atoms with Gasteiger partial charge in [0.05, 0.1) is 17.7 Å². The molecule has 1 spiro atoms. The first kappa shape index (κ1) is 18.1. The summed E-state index contributed by atoms with van der Waals surface area (Å²) in [5, 5.41) is 1.56. The van der Waals surface area contributed by atoms with Gasteiger partial charge in [0.15, 0.2) is 0 Å². The molecule has 0 bridgehead atoms. The van der Waals surface area contributed by atoms with E-state index in [1.54, 1.807) is 24.7 Å². The molecule has 1 fully saturated rings. The van der Waals surface area contributed by atoms with Gasteiger partial charge in [-0.1, -0.05) is 30.7 Å². The van der Waals surface area contributed by atoms with Gasteiger partial charge in [-0.25, -0.2) is 14.4 Å². The van der Waals surface area contributed by atoms with Crippen LogP contribution in [0.1, 0.15) is 30.5 Å². The Balaban J connectivity index is 1.52. The lowest BCUT2D eigenvalue weighted by Crippen LogP contribution is -2.45. The van der Waals surface area contributed by atoms with Gasteiger partial charge in [-0.2, -0.15) is 0 Å². The Morgan fingerprint density at radius 1 is 1.03 bits per heavy atom. The van der Waals surface area contributed by atoms with Gasteiger partial charge >= 0.3 is 0 Å². The number of amides is 1. The molecule has 3 heterocycles. The van der Waals surface area contributed by atoms with Gasteiger partial charge < -0.3 is 4.90 Å². The summed E-state index contributed by atoms with van der Waals surface area (Å²) >= 11 is 0. The number of aromatic nitrogens is 3. The first-order valence-corrected chi connectivity index (χ1v) is 10.4. The third-order valence-electron chi connectivity index (χ3n) is 6.66. The quantitative estimate of drug-likeness (QED) is 0.487. The van der Waals surface area contributed by atoms with Gasteiger partial charge in [0, 0.05) is 40.8 Å². The van der Waals surface area contributed by atoms with Crippen LogP contribution in [-0.2, 0) is 16.8 Å². The molecule has 5 nitrogen and oxygen atoms in total. The van der Waals surface area contributed by atoms with Gasteiger partial charge in [-0.15, -0.1) is 0 Å². The van der Waals surface area contributed by atoms with Crippen molar-refractivity contribution in [1.82, 2.24) is 15.0 Å². The van der Waals surface area contributed by atoms with Crippen molar-refractivity contribution in [2.24, 2.45) is 0 Å². The molecule has 1 saturated carbocycles. The van der Waals surface area contributed by atoms with Gasteiger partial charge in [0.2, 0.25) is 5.91 Å². The first-order chi connectivity index (χ1) is 15.2. The molecule has 0 saturated heterocycles. The molecular weight excluding hydrogens is 391 g/mol. The largest absolute Gasteiger partial charge is 0.305 e. The normalized spacial score (nSPS) is 16.5. The molecular formula is C25H19FN4O. The third-order valence-corrected chi connectivity index (χ3v) is 6.66. The van der Waals surface area contributed by atoms with Crippen LogP contribution in [0.4, 0.5) is 10.1 Å². The SMILES string of the molecule is O=C1N(Cc2ncc3cc(F)ccc3c2-c2cncnc2)c2ccccc2C12CCC2. The molecule has 4 aromatic rings. The summed E-state index contributed by atoms with van der Waals surface area (Å²) in [4.78, 5) is 28.4. The Morgan fingerprint density at radius 2 is 1.84 bits per heavy atom. The second kappa shape index (κ2) is 6.67. The minimum absolute atomic E-state index is 0.149. The molecule has 6 heteroatoms. The van der Waals surface area contributed by atoms with E-state index in [1.165, 1.54) is 18.5 Å². The topological polar surface area (TPSA) is 59.0 Å². The number of carbonyl (C=O) groups is 1. The molecule has 0 radical (unpaired) electrons.